The first-order valence-corrected chi connectivity index (χ1v) is 11.2. The fourth-order valence-electron chi connectivity index (χ4n) is 3.97. The van der Waals surface area contributed by atoms with Gasteiger partial charge in [-0.3, -0.25) is 9.67 Å². The van der Waals surface area contributed by atoms with Gasteiger partial charge in [0, 0.05) is 35.4 Å². The summed E-state index contributed by atoms with van der Waals surface area (Å²) < 4.78 is 21.9. The number of hydrogen-bond donors (Lipinski definition) is 2. The topological polar surface area (TPSA) is 107 Å². The monoisotopic (exact) mass is 507 g/mol. The zero-order valence-corrected chi connectivity index (χ0v) is 19.5. The quantitative estimate of drug-likeness (QED) is 0.387. The van der Waals surface area contributed by atoms with Crippen LogP contribution in [0.5, 0.6) is 0 Å². The number of rotatable bonds is 6. The summed E-state index contributed by atoms with van der Waals surface area (Å²) in [4.78, 5) is 25.5. The molecule has 2 atom stereocenters. The molecule has 3 aromatic heterocycles. The average molecular weight is 508 g/mol. The van der Waals surface area contributed by atoms with Gasteiger partial charge in [-0.25, -0.2) is 14.2 Å². The molecule has 1 aromatic carbocycles. The lowest BCUT2D eigenvalue weighted by molar-refractivity contribution is 0.00901. The van der Waals surface area contributed by atoms with E-state index in [0.717, 1.165) is 10.8 Å². The van der Waals surface area contributed by atoms with Crippen LogP contribution in [-0.2, 0) is 11.3 Å². The van der Waals surface area contributed by atoms with Gasteiger partial charge in [-0.05, 0) is 31.2 Å². The molecule has 1 aliphatic rings. The van der Waals surface area contributed by atoms with Gasteiger partial charge in [0.1, 0.15) is 16.9 Å². The van der Waals surface area contributed by atoms with Crippen LogP contribution in [0.25, 0.3) is 22.4 Å². The Morgan fingerprint density at radius 3 is 2.94 bits per heavy atom. The van der Waals surface area contributed by atoms with Crippen molar-refractivity contribution in [2.75, 3.05) is 13.2 Å². The summed E-state index contributed by atoms with van der Waals surface area (Å²) in [5.41, 5.74) is 0.697. The molecule has 0 radical (unpaired) electrons. The maximum absolute atomic E-state index is 13.9. The van der Waals surface area contributed by atoms with E-state index in [1.807, 2.05) is 0 Å². The number of halogens is 3. The maximum atomic E-state index is 13.9. The fraction of sp³-hybridized carbons (Fsp3) is 0.318. The molecule has 0 bridgehead atoms. The highest BCUT2D eigenvalue weighted by atomic mass is 35.5. The fourth-order valence-corrected chi connectivity index (χ4v) is 4.64. The predicted octanol–water partition coefficient (Wildman–Crippen LogP) is 3.38. The molecule has 178 valence electrons. The Balaban J connectivity index is 1.41. The van der Waals surface area contributed by atoms with Crippen molar-refractivity contribution in [1.82, 2.24) is 24.5 Å². The summed E-state index contributed by atoms with van der Waals surface area (Å²) in [6.07, 6.45) is 3.13. The average Bonchev–Trinajstić information content (AvgIpc) is 3.51. The van der Waals surface area contributed by atoms with E-state index in [9.17, 15) is 14.3 Å². The van der Waals surface area contributed by atoms with E-state index in [0.29, 0.717) is 42.0 Å². The first-order valence-electron chi connectivity index (χ1n) is 10.5. The van der Waals surface area contributed by atoms with Crippen molar-refractivity contribution >= 4 is 34.4 Å². The molecule has 0 aliphatic carbocycles. The third-order valence-corrected chi connectivity index (χ3v) is 6.43. The molecule has 1 saturated heterocycles. The van der Waals surface area contributed by atoms with Crippen LogP contribution >= 0.6 is 23.2 Å². The number of benzene rings is 1. The number of imidazole rings is 1. The van der Waals surface area contributed by atoms with Gasteiger partial charge in [0.25, 0.3) is 0 Å². The highest BCUT2D eigenvalue weighted by molar-refractivity contribution is 6.36. The second-order valence-electron chi connectivity index (χ2n) is 8.25. The molecule has 0 saturated carbocycles. The third-order valence-electron chi connectivity index (χ3n) is 5.72. The highest BCUT2D eigenvalue weighted by Gasteiger charge is 2.33. The van der Waals surface area contributed by atoms with Crippen LogP contribution in [0.3, 0.4) is 0 Å². The summed E-state index contributed by atoms with van der Waals surface area (Å²) in [7, 11) is 0. The molecular formula is C22H20Cl2FN5O4. The maximum Gasteiger partial charge on any atom is 0.360 e. The Labute approximate surface area is 202 Å². The minimum atomic E-state index is -0.940. The SMILES string of the molecule is CC(On1c(=O)[nH]c2nc(-c3cnn(CC4(O)CCOC4)c3)ccc21)c1c(Cl)ccc(F)c1Cl. The number of aromatic amines is 1. The van der Waals surface area contributed by atoms with Crippen molar-refractivity contribution in [3.8, 4) is 11.3 Å². The minimum absolute atomic E-state index is 0.167. The summed E-state index contributed by atoms with van der Waals surface area (Å²) in [6.45, 7) is 2.70. The van der Waals surface area contributed by atoms with Crippen LogP contribution < -0.4 is 10.5 Å². The largest absolute Gasteiger partial charge is 0.401 e. The van der Waals surface area contributed by atoms with Crippen LogP contribution in [0.2, 0.25) is 10.0 Å². The molecule has 1 fully saturated rings. The van der Waals surface area contributed by atoms with Gasteiger partial charge < -0.3 is 14.7 Å². The van der Waals surface area contributed by atoms with E-state index in [2.05, 4.69) is 15.1 Å². The van der Waals surface area contributed by atoms with Gasteiger partial charge in [0.15, 0.2) is 11.8 Å². The van der Waals surface area contributed by atoms with E-state index in [-0.39, 0.29) is 22.2 Å². The van der Waals surface area contributed by atoms with E-state index < -0.39 is 23.2 Å². The van der Waals surface area contributed by atoms with Crippen molar-refractivity contribution in [1.29, 1.82) is 0 Å². The summed E-state index contributed by atoms with van der Waals surface area (Å²) in [6, 6.07) is 5.93. The predicted molar refractivity (Wildman–Crippen MR) is 123 cm³/mol. The number of nitrogens with one attached hydrogen (secondary N) is 1. The van der Waals surface area contributed by atoms with Gasteiger partial charge in [-0.2, -0.15) is 5.10 Å². The van der Waals surface area contributed by atoms with E-state index in [1.165, 1.54) is 6.07 Å². The van der Waals surface area contributed by atoms with E-state index >= 15 is 0 Å². The van der Waals surface area contributed by atoms with Crippen molar-refractivity contribution in [3.63, 3.8) is 0 Å². The van der Waals surface area contributed by atoms with Crippen molar-refractivity contribution in [3.05, 3.63) is 68.6 Å². The van der Waals surface area contributed by atoms with Crippen LogP contribution in [-0.4, -0.2) is 48.4 Å². The van der Waals surface area contributed by atoms with Crippen molar-refractivity contribution in [2.45, 2.75) is 31.6 Å². The molecule has 5 rings (SSSR count). The highest BCUT2D eigenvalue weighted by Crippen LogP contribution is 2.33. The van der Waals surface area contributed by atoms with E-state index in [4.69, 9.17) is 32.8 Å². The molecule has 0 amide bonds. The second kappa shape index (κ2) is 8.70. The molecule has 0 spiro atoms. The first kappa shape index (κ1) is 22.9. The molecule has 4 aromatic rings. The normalized spacial score (nSPS) is 19.1. The Morgan fingerprint density at radius 1 is 1.35 bits per heavy atom. The van der Waals surface area contributed by atoms with Crippen molar-refractivity contribution < 1.29 is 19.1 Å². The first-order chi connectivity index (χ1) is 16.2. The standard InChI is InChI=1S/C22H20Cl2FN5O4/c1-12(18-14(23)2-3-15(25)19(18)24)34-30-17-5-4-16(27-20(17)28-21(30)31)13-8-26-29(9-13)10-22(32)6-7-33-11-22/h2-5,8-9,12,32H,6-7,10-11H2,1H3,(H,27,28,31). The molecule has 1 aliphatic heterocycles. The van der Waals surface area contributed by atoms with Crippen LogP contribution in [0.4, 0.5) is 4.39 Å². The summed E-state index contributed by atoms with van der Waals surface area (Å²) in [5.74, 6) is -0.637. The van der Waals surface area contributed by atoms with Crippen LogP contribution in [0.1, 0.15) is 25.0 Å². The molecule has 2 N–H and O–H groups in total. The molecule has 2 unspecified atom stereocenters. The van der Waals surface area contributed by atoms with Gasteiger partial charge in [0.2, 0.25) is 0 Å². The number of hydrogen-bond acceptors (Lipinski definition) is 6. The summed E-state index contributed by atoms with van der Waals surface area (Å²) in [5, 5.41) is 14.9. The molecule has 4 heterocycles. The Kier molecular flexibility index (Phi) is 5.85. The zero-order valence-electron chi connectivity index (χ0n) is 18.0. The van der Waals surface area contributed by atoms with E-state index in [1.54, 1.807) is 36.1 Å². The van der Waals surface area contributed by atoms with Crippen molar-refractivity contribution in [2.24, 2.45) is 0 Å². The number of ether oxygens (including phenoxy) is 1. The number of nitrogens with zero attached hydrogens (tertiary/aromatic N) is 4. The lowest BCUT2D eigenvalue weighted by Crippen LogP contribution is -2.34. The Morgan fingerprint density at radius 2 is 2.18 bits per heavy atom. The van der Waals surface area contributed by atoms with Gasteiger partial charge in [-0.15, -0.1) is 4.73 Å². The third kappa shape index (κ3) is 4.18. The second-order valence-corrected chi connectivity index (χ2v) is 9.03. The molecular weight excluding hydrogens is 488 g/mol. The lowest BCUT2D eigenvalue weighted by atomic mass is 10.0. The Hall–Kier alpha value is -2.92. The molecule has 9 nitrogen and oxygen atoms in total. The molecule has 12 heteroatoms. The Bertz CT molecular complexity index is 1430. The van der Waals surface area contributed by atoms with Gasteiger partial charge in [-0.1, -0.05) is 23.2 Å². The smallest absolute Gasteiger partial charge is 0.360 e. The number of pyridine rings is 1. The summed E-state index contributed by atoms with van der Waals surface area (Å²) >= 11 is 12.2. The number of fused-ring (bicyclic) bond motifs is 1. The molecule has 34 heavy (non-hydrogen) atoms. The van der Waals surface area contributed by atoms with Crippen LogP contribution in [0, 0.1) is 5.82 Å². The van der Waals surface area contributed by atoms with Gasteiger partial charge in [0.05, 0.1) is 30.1 Å². The number of aromatic nitrogens is 5. The number of H-pyrrole nitrogens is 1. The van der Waals surface area contributed by atoms with Crippen LogP contribution in [0.15, 0.2) is 41.5 Å². The zero-order chi connectivity index (χ0) is 24.0. The minimum Gasteiger partial charge on any atom is -0.401 e. The lowest BCUT2D eigenvalue weighted by Gasteiger charge is -2.19. The van der Waals surface area contributed by atoms with Gasteiger partial charge >= 0.3 is 5.69 Å². The number of aliphatic hydroxyl groups is 1.